The maximum absolute atomic E-state index is 11.6. The molecule has 13 heavy (non-hydrogen) atoms. The number of nitrogens with zero attached hydrogens (tertiary/aromatic N) is 1. The Kier molecular flexibility index (Phi) is 2.55. The standard InChI is InChI=1S/C10H15NO2/c1-5-9(12)11-8(4)6(2)7(3)10(11)13/h5-8H,1H2,2-4H3. The van der Waals surface area contributed by atoms with E-state index in [1.54, 1.807) is 0 Å². The molecule has 1 aliphatic rings. The summed E-state index contributed by atoms with van der Waals surface area (Å²) in [6, 6.07) is -0.00648. The Bertz CT molecular complexity index is 260. The van der Waals surface area contributed by atoms with Crippen molar-refractivity contribution in [1.29, 1.82) is 0 Å². The number of likely N-dealkylation sites (tertiary alicyclic amines) is 1. The van der Waals surface area contributed by atoms with Crippen LogP contribution in [0.1, 0.15) is 20.8 Å². The molecule has 3 heteroatoms. The van der Waals surface area contributed by atoms with E-state index in [-0.39, 0.29) is 29.7 Å². The predicted molar refractivity (Wildman–Crippen MR) is 49.8 cm³/mol. The van der Waals surface area contributed by atoms with Gasteiger partial charge in [0.15, 0.2) is 0 Å². The van der Waals surface area contributed by atoms with Crippen LogP contribution in [0, 0.1) is 11.8 Å². The highest BCUT2D eigenvalue weighted by Gasteiger charge is 2.42. The predicted octanol–water partition coefficient (Wildman–Crippen LogP) is 1.20. The SMILES string of the molecule is C=CC(=O)N1C(=O)C(C)C(C)C1C. The molecule has 1 aliphatic heterocycles. The van der Waals surface area contributed by atoms with E-state index < -0.39 is 0 Å². The molecule has 0 aromatic heterocycles. The molecule has 2 amide bonds. The first-order valence-electron chi connectivity index (χ1n) is 4.50. The second kappa shape index (κ2) is 3.32. The number of carbonyl (C=O) groups is 2. The third-order valence-electron chi connectivity index (χ3n) is 3.00. The Balaban J connectivity index is 2.93. The van der Waals surface area contributed by atoms with Crippen molar-refractivity contribution in [2.24, 2.45) is 11.8 Å². The second-order valence-electron chi connectivity index (χ2n) is 3.64. The van der Waals surface area contributed by atoms with Gasteiger partial charge in [-0.1, -0.05) is 20.4 Å². The molecule has 72 valence electrons. The molecule has 1 rings (SSSR count). The topological polar surface area (TPSA) is 37.4 Å². The van der Waals surface area contributed by atoms with Gasteiger partial charge >= 0.3 is 0 Å². The summed E-state index contributed by atoms with van der Waals surface area (Å²) in [5, 5.41) is 0. The minimum Gasteiger partial charge on any atom is -0.276 e. The van der Waals surface area contributed by atoms with Gasteiger partial charge in [-0.2, -0.15) is 0 Å². The Morgan fingerprint density at radius 1 is 1.46 bits per heavy atom. The van der Waals surface area contributed by atoms with E-state index in [0.29, 0.717) is 0 Å². The highest BCUT2D eigenvalue weighted by atomic mass is 16.2. The number of carbonyl (C=O) groups excluding carboxylic acids is 2. The van der Waals surface area contributed by atoms with Crippen molar-refractivity contribution in [2.45, 2.75) is 26.8 Å². The van der Waals surface area contributed by atoms with Gasteiger partial charge in [0.05, 0.1) is 0 Å². The summed E-state index contributed by atoms with van der Waals surface area (Å²) in [6.45, 7) is 9.13. The zero-order chi connectivity index (χ0) is 10.2. The van der Waals surface area contributed by atoms with Crippen molar-refractivity contribution in [3.05, 3.63) is 12.7 Å². The highest BCUT2D eigenvalue weighted by molar-refractivity contribution is 6.03. The zero-order valence-corrected chi connectivity index (χ0v) is 8.28. The largest absolute Gasteiger partial charge is 0.276 e. The summed E-state index contributed by atoms with van der Waals surface area (Å²) in [5.41, 5.74) is 0. The normalized spacial score (nSPS) is 33.6. The van der Waals surface area contributed by atoms with Crippen LogP contribution in [0.3, 0.4) is 0 Å². The first-order valence-corrected chi connectivity index (χ1v) is 4.50. The molecular weight excluding hydrogens is 166 g/mol. The Morgan fingerprint density at radius 2 is 2.00 bits per heavy atom. The van der Waals surface area contributed by atoms with Gasteiger partial charge < -0.3 is 0 Å². The highest BCUT2D eigenvalue weighted by Crippen LogP contribution is 2.30. The van der Waals surface area contributed by atoms with Gasteiger partial charge in [-0.3, -0.25) is 14.5 Å². The fourth-order valence-corrected chi connectivity index (χ4v) is 1.71. The molecule has 0 aromatic rings. The van der Waals surface area contributed by atoms with Crippen LogP contribution >= 0.6 is 0 Å². The van der Waals surface area contributed by atoms with E-state index in [9.17, 15) is 9.59 Å². The minimum atomic E-state index is -0.284. The summed E-state index contributed by atoms with van der Waals surface area (Å²) in [5.74, 6) is -0.186. The van der Waals surface area contributed by atoms with Gasteiger partial charge in [0.2, 0.25) is 5.91 Å². The van der Waals surface area contributed by atoms with Crippen LogP contribution in [0.25, 0.3) is 0 Å². The van der Waals surface area contributed by atoms with Crippen LogP contribution in [-0.2, 0) is 9.59 Å². The molecule has 3 atom stereocenters. The van der Waals surface area contributed by atoms with E-state index in [0.717, 1.165) is 0 Å². The lowest BCUT2D eigenvalue weighted by atomic mass is 9.95. The summed E-state index contributed by atoms with van der Waals surface area (Å²) in [6.07, 6.45) is 1.19. The maximum atomic E-state index is 11.6. The summed E-state index contributed by atoms with van der Waals surface area (Å²) >= 11 is 0. The average Bonchev–Trinajstić information content (AvgIpc) is 2.30. The average molecular weight is 181 g/mol. The molecule has 0 aliphatic carbocycles. The number of hydrogen-bond acceptors (Lipinski definition) is 2. The van der Waals surface area contributed by atoms with Crippen molar-refractivity contribution in [3.63, 3.8) is 0 Å². The molecular formula is C10H15NO2. The lowest BCUT2D eigenvalue weighted by Gasteiger charge is -2.19. The molecule has 3 nitrogen and oxygen atoms in total. The van der Waals surface area contributed by atoms with Gasteiger partial charge in [0.1, 0.15) is 0 Å². The Hall–Kier alpha value is -1.12. The van der Waals surface area contributed by atoms with Crippen molar-refractivity contribution < 1.29 is 9.59 Å². The molecule has 0 spiro atoms. The molecule has 0 bridgehead atoms. The minimum absolute atomic E-state index is 0.00648. The molecule has 1 heterocycles. The fraction of sp³-hybridized carbons (Fsp3) is 0.600. The van der Waals surface area contributed by atoms with Crippen molar-refractivity contribution in [3.8, 4) is 0 Å². The Morgan fingerprint density at radius 3 is 2.31 bits per heavy atom. The lowest BCUT2D eigenvalue weighted by Crippen LogP contribution is -2.37. The number of hydrogen-bond donors (Lipinski definition) is 0. The fourth-order valence-electron chi connectivity index (χ4n) is 1.71. The zero-order valence-electron chi connectivity index (χ0n) is 8.28. The molecule has 3 unspecified atom stereocenters. The third kappa shape index (κ3) is 1.39. The lowest BCUT2D eigenvalue weighted by molar-refractivity contribution is -0.141. The number of rotatable bonds is 1. The van der Waals surface area contributed by atoms with Crippen molar-refractivity contribution >= 4 is 11.8 Å². The van der Waals surface area contributed by atoms with Gasteiger partial charge in [-0.15, -0.1) is 0 Å². The van der Waals surface area contributed by atoms with Crippen LogP contribution in [-0.4, -0.2) is 22.8 Å². The van der Waals surface area contributed by atoms with Crippen LogP contribution in [0.2, 0.25) is 0 Å². The van der Waals surface area contributed by atoms with Gasteiger partial charge in [-0.25, -0.2) is 0 Å². The van der Waals surface area contributed by atoms with Gasteiger partial charge in [-0.05, 0) is 18.9 Å². The van der Waals surface area contributed by atoms with E-state index in [1.165, 1.54) is 11.0 Å². The van der Waals surface area contributed by atoms with E-state index in [2.05, 4.69) is 6.58 Å². The summed E-state index contributed by atoms with van der Waals surface area (Å²) < 4.78 is 0. The van der Waals surface area contributed by atoms with Gasteiger partial charge in [0.25, 0.3) is 5.91 Å². The van der Waals surface area contributed by atoms with Crippen molar-refractivity contribution in [1.82, 2.24) is 4.90 Å². The van der Waals surface area contributed by atoms with Crippen LogP contribution in [0.5, 0.6) is 0 Å². The monoisotopic (exact) mass is 181 g/mol. The second-order valence-corrected chi connectivity index (χ2v) is 3.64. The third-order valence-corrected chi connectivity index (χ3v) is 3.00. The Labute approximate surface area is 78.4 Å². The molecule has 0 N–H and O–H groups in total. The van der Waals surface area contributed by atoms with E-state index in [4.69, 9.17) is 0 Å². The maximum Gasteiger partial charge on any atom is 0.252 e. The smallest absolute Gasteiger partial charge is 0.252 e. The van der Waals surface area contributed by atoms with Crippen molar-refractivity contribution in [2.75, 3.05) is 0 Å². The van der Waals surface area contributed by atoms with Crippen LogP contribution < -0.4 is 0 Å². The van der Waals surface area contributed by atoms with Crippen LogP contribution in [0.15, 0.2) is 12.7 Å². The van der Waals surface area contributed by atoms with E-state index in [1.807, 2.05) is 20.8 Å². The molecule has 0 radical (unpaired) electrons. The number of amides is 2. The number of imide groups is 1. The molecule has 0 saturated carbocycles. The van der Waals surface area contributed by atoms with Gasteiger partial charge in [0, 0.05) is 12.0 Å². The van der Waals surface area contributed by atoms with E-state index >= 15 is 0 Å². The summed E-state index contributed by atoms with van der Waals surface area (Å²) in [7, 11) is 0. The van der Waals surface area contributed by atoms with Crippen LogP contribution in [0.4, 0.5) is 0 Å². The molecule has 1 saturated heterocycles. The molecule has 1 fully saturated rings. The first kappa shape index (κ1) is 9.96. The quantitative estimate of drug-likeness (QED) is 0.570. The summed E-state index contributed by atoms with van der Waals surface area (Å²) in [4.78, 5) is 24.2. The first-order chi connectivity index (χ1) is 6.00. The molecule has 0 aromatic carbocycles.